The van der Waals surface area contributed by atoms with Crippen molar-refractivity contribution >= 4 is 17.6 Å². The number of likely N-dealkylation sites (tertiary alicyclic amines) is 2. The number of aromatic nitrogens is 2. The summed E-state index contributed by atoms with van der Waals surface area (Å²) in [6.45, 7) is 5.59. The molecule has 10 heteroatoms. The lowest BCUT2D eigenvalue weighted by atomic mass is 9.94. The fraction of sp³-hybridized carbons (Fsp3) is 0.625. The van der Waals surface area contributed by atoms with Crippen LogP contribution >= 0.6 is 0 Å². The third-order valence-electron chi connectivity index (χ3n) is 9.50. The topological polar surface area (TPSA) is 111 Å². The molecule has 2 saturated heterocycles. The zero-order chi connectivity index (χ0) is 29.1. The SMILES string of the molecule is CC(=O)N1CCC(Nc2cc(C(=O)N3CC[C@@H](N4CCc5ccccc5C4)[C@H](O)C3)nc(OC3CCCCC3)n2)CC1. The summed E-state index contributed by atoms with van der Waals surface area (Å²) >= 11 is 0. The number of fused-ring (bicyclic) bond motifs is 1. The largest absolute Gasteiger partial charge is 0.460 e. The summed E-state index contributed by atoms with van der Waals surface area (Å²) in [5, 5.41) is 14.7. The molecule has 2 atom stereocenters. The first-order valence-corrected chi connectivity index (χ1v) is 15.8. The highest BCUT2D eigenvalue weighted by atomic mass is 16.5. The first-order valence-electron chi connectivity index (χ1n) is 15.8. The number of aliphatic hydroxyl groups excluding tert-OH is 1. The van der Waals surface area contributed by atoms with Gasteiger partial charge >= 0.3 is 6.01 Å². The third kappa shape index (κ3) is 6.70. The number of nitrogens with one attached hydrogen (secondary N) is 1. The molecule has 6 rings (SSSR count). The van der Waals surface area contributed by atoms with Gasteiger partial charge in [0.2, 0.25) is 5.91 Å². The maximum atomic E-state index is 13.8. The van der Waals surface area contributed by atoms with E-state index in [1.165, 1.54) is 17.5 Å². The second kappa shape index (κ2) is 13.0. The Morgan fingerprint density at radius 1 is 0.929 bits per heavy atom. The number of piperidine rings is 2. The second-order valence-electron chi connectivity index (χ2n) is 12.4. The van der Waals surface area contributed by atoms with Crippen LogP contribution in [0.3, 0.4) is 0 Å². The average molecular weight is 577 g/mol. The summed E-state index contributed by atoms with van der Waals surface area (Å²) in [4.78, 5) is 40.7. The molecule has 3 fully saturated rings. The summed E-state index contributed by atoms with van der Waals surface area (Å²) in [5.74, 6) is 0.465. The number of hydrogen-bond acceptors (Lipinski definition) is 8. The van der Waals surface area contributed by atoms with Crippen LogP contribution in [-0.2, 0) is 17.8 Å². The van der Waals surface area contributed by atoms with E-state index in [-0.39, 0.29) is 48.3 Å². The predicted octanol–water partition coefficient (Wildman–Crippen LogP) is 3.24. The molecule has 2 N–H and O–H groups in total. The number of aliphatic hydroxyl groups is 1. The van der Waals surface area contributed by atoms with Gasteiger partial charge in [-0.3, -0.25) is 14.5 Å². The highest BCUT2D eigenvalue weighted by Gasteiger charge is 2.36. The van der Waals surface area contributed by atoms with E-state index < -0.39 is 6.10 Å². The van der Waals surface area contributed by atoms with Crippen molar-refractivity contribution in [2.75, 3.05) is 38.0 Å². The van der Waals surface area contributed by atoms with E-state index >= 15 is 0 Å². The first-order chi connectivity index (χ1) is 20.4. The zero-order valence-corrected chi connectivity index (χ0v) is 24.7. The zero-order valence-electron chi connectivity index (χ0n) is 24.7. The van der Waals surface area contributed by atoms with Crippen LogP contribution in [0.5, 0.6) is 6.01 Å². The minimum Gasteiger partial charge on any atom is -0.460 e. The first kappa shape index (κ1) is 28.9. The van der Waals surface area contributed by atoms with E-state index in [0.717, 1.165) is 58.0 Å². The van der Waals surface area contributed by atoms with E-state index in [1.807, 2.05) is 4.90 Å². The maximum Gasteiger partial charge on any atom is 0.319 e. The molecule has 0 bridgehead atoms. The molecule has 1 aliphatic carbocycles. The fourth-order valence-corrected chi connectivity index (χ4v) is 7.03. The quantitative estimate of drug-likeness (QED) is 0.539. The molecule has 1 aromatic heterocycles. The minimum atomic E-state index is -0.628. The van der Waals surface area contributed by atoms with Crippen LogP contribution in [0.4, 0.5) is 5.82 Å². The minimum absolute atomic E-state index is 0.0242. The molecular weight excluding hydrogens is 532 g/mol. The highest BCUT2D eigenvalue weighted by molar-refractivity contribution is 5.93. The molecule has 0 radical (unpaired) electrons. The lowest BCUT2D eigenvalue weighted by molar-refractivity contribution is -0.129. The number of amides is 2. The standard InChI is InChI=1S/C32H44N6O4/c1-22(39)36-16-12-25(13-17-36)33-30-19-27(34-32(35-30)42-26-9-3-2-4-10-26)31(41)38-18-14-28(29(40)21-38)37-15-11-23-7-5-6-8-24(23)20-37/h5-8,19,25-26,28-29,40H,2-4,9-18,20-21H2,1H3,(H,33,34,35)/t28-,29-/m1/s1. The van der Waals surface area contributed by atoms with E-state index in [1.54, 1.807) is 17.9 Å². The lowest BCUT2D eigenvalue weighted by Gasteiger charge is -2.43. The molecule has 0 unspecified atom stereocenters. The molecule has 4 heterocycles. The molecule has 42 heavy (non-hydrogen) atoms. The Morgan fingerprint density at radius 2 is 1.67 bits per heavy atom. The van der Waals surface area contributed by atoms with Crippen LogP contribution in [0.25, 0.3) is 0 Å². The van der Waals surface area contributed by atoms with E-state index in [9.17, 15) is 14.7 Å². The number of carbonyl (C=O) groups excluding carboxylic acids is 2. The highest BCUT2D eigenvalue weighted by Crippen LogP contribution is 2.27. The molecule has 1 saturated carbocycles. The summed E-state index contributed by atoms with van der Waals surface area (Å²) in [5.41, 5.74) is 3.00. The molecule has 4 aliphatic rings. The van der Waals surface area contributed by atoms with Gasteiger partial charge in [-0.15, -0.1) is 0 Å². The van der Waals surface area contributed by atoms with Crippen LogP contribution in [-0.4, -0.2) is 98.6 Å². The number of carbonyl (C=O) groups is 2. The molecule has 10 nitrogen and oxygen atoms in total. The Bertz CT molecular complexity index is 1260. The van der Waals surface area contributed by atoms with Crippen molar-refractivity contribution in [2.45, 2.75) is 95.5 Å². The van der Waals surface area contributed by atoms with Gasteiger partial charge in [0.25, 0.3) is 5.91 Å². The van der Waals surface area contributed by atoms with Gasteiger partial charge in [-0.1, -0.05) is 30.7 Å². The lowest BCUT2D eigenvalue weighted by Crippen LogP contribution is -2.56. The van der Waals surface area contributed by atoms with Crippen molar-refractivity contribution in [1.82, 2.24) is 24.7 Å². The molecule has 2 amide bonds. The van der Waals surface area contributed by atoms with Gasteiger partial charge in [-0.2, -0.15) is 9.97 Å². The third-order valence-corrected chi connectivity index (χ3v) is 9.50. The smallest absolute Gasteiger partial charge is 0.319 e. The van der Waals surface area contributed by atoms with Gasteiger partial charge in [0.15, 0.2) is 0 Å². The molecule has 1 aromatic carbocycles. The van der Waals surface area contributed by atoms with Gasteiger partial charge < -0.3 is 25.0 Å². The molecule has 3 aliphatic heterocycles. The number of β-amino-alcohol motifs (C(OH)–C–C–N with tert-alkyl or cyclic N) is 1. The Kier molecular flexibility index (Phi) is 8.90. The van der Waals surface area contributed by atoms with E-state index in [2.05, 4.69) is 44.5 Å². The number of nitrogens with zero attached hydrogens (tertiary/aromatic N) is 5. The average Bonchev–Trinajstić information content (AvgIpc) is 3.01. The van der Waals surface area contributed by atoms with Crippen molar-refractivity contribution in [3.63, 3.8) is 0 Å². The van der Waals surface area contributed by atoms with Crippen molar-refractivity contribution in [3.05, 3.63) is 47.2 Å². The van der Waals surface area contributed by atoms with Crippen LogP contribution in [0.2, 0.25) is 0 Å². The number of hydrogen-bond donors (Lipinski definition) is 2. The van der Waals surface area contributed by atoms with Crippen LogP contribution < -0.4 is 10.1 Å². The monoisotopic (exact) mass is 576 g/mol. The summed E-state index contributed by atoms with van der Waals surface area (Å²) < 4.78 is 6.22. The molecule has 226 valence electrons. The summed E-state index contributed by atoms with van der Waals surface area (Å²) in [7, 11) is 0. The van der Waals surface area contributed by atoms with Gasteiger partial charge in [-0.25, -0.2) is 0 Å². The normalized spacial score (nSPS) is 24.2. The Hall–Kier alpha value is -3.24. The Balaban J connectivity index is 1.14. The van der Waals surface area contributed by atoms with Crippen molar-refractivity contribution in [1.29, 1.82) is 0 Å². The predicted molar refractivity (Wildman–Crippen MR) is 159 cm³/mol. The van der Waals surface area contributed by atoms with Gasteiger partial charge in [-0.05, 0) is 62.5 Å². The second-order valence-corrected chi connectivity index (χ2v) is 12.4. The maximum absolute atomic E-state index is 13.8. The molecular formula is C32H44N6O4. The number of rotatable bonds is 6. The van der Waals surface area contributed by atoms with Gasteiger partial charge in [0.05, 0.1) is 6.10 Å². The van der Waals surface area contributed by atoms with Crippen molar-refractivity contribution in [3.8, 4) is 6.01 Å². The van der Waals surface area contributed by atoms with Crippen molar-refractivity contribution in [2.24, 2.45) is 0 Å². The summed E-state index contributed by atoms with van der Waals surface area (Å²) in [6, 6.07) is 10.6. The number of benzene rings is 1. The van der Waals surface area contributed by atoms with Crippen molar-refractivity contribution < 1.29 is 19.4 Å². The van der Waals surface area contributed by atoms with E-state index in [0.29, 0.717) is 31.9 Å². The van der Waals surface area contributed by atoms with Crippen LogP contribution in [0.1, 0.15) is 79.9 Å². The number of anilines is 1. The molecule has 2 aromatic rings. The van der Waals surface area contributed by atoms with Gasteiger partial charge in [0.1, 0.15) is 17.6 Å². The van der Waals surface area contributed by atoms with Gasteiger partial charge in [0, 0.05) is 64.3 Å². The van der Waals surface area contributed by atoms with Crippen LogP contribution in [0, 0.1) is 0 Å². The molecule has 0 spiro atoms. The van der Waals surface area contributed by atoms with E-state index in [4.69, 9.17) is 4.74 Å². The Morgan fingerprint density at radius 3 is 2.40 bits per heavy atom. The fourth-order valence-electron chi connectivity index (χ4n) is 7.03. The van der Waals surface area contributed by atoms with Crippen LogP contribution in [0.15, 0.2) is 30.3 Å². The number of ether oxygens (including phenoxy) is 1. The summed E-state index contributed by atoms with van der Waals surface area (Å²) in [6.07, 6.45) is 8.15. The Labute approximate surface area is 248 Å².